The Labute approximate surface area is 342 Å². The molecule has 8 aromatic carbocycles. The van der Waals surface area contributed by atoms with Crippen LogP contribution in [-0.2, 0) is 10.8 Å². The highest BCUT2D eigenvalue weighted by Crippen LogP contribution is 2.48. The van der Waals surface area contributed by atoms with E-state index in [1.54, 1.807) is 0 Å². The van der Waals surface area contributed by atoms with Gasteiger partial charge < -0.3 is 9.47 Å². The van der Waals surface area contributed by atoms with Crippen molar-refractivity contribution in [3.05, 3.63) is 205 Å². The first kappa shape index (κ1) is 35.8. The van der Waals surface area contributed by atoms with E-state index in [2.05, 4.69) is 231 Å². The van der Waals surface area contributed by atoms with Gasteiger partial charge in [0.2, 0.25) is 0 Å². The van der Waals surface area contributed by atoms with E-state index in [1.807, 2.05) is 0 Å². The van der Waals surface area contributed by atoms with E-state index < -0.39 is 0 Å². The number of anilines is 3. The Balaban J connectivity index is 1.15. The van der Waals surface area contributed by atoms with Crippen molar-refractivity contribution in [2.75, 3.05) is 4.90 Å². The van der Waals surface area contributed by atoms with Crippen LogP contribution in [0.25, 0.3) is 60.9 Å². The van der Waals surface area contributed by atoms with E-state index in [0.29, 0.717) is 0 Å². The molecule has 10 rings (SSSR count). The maximum atomic E-state index is 2.49. The van der Waals surface area contributed by atoms with Crippen LogP contribution < -0.4 is 4.90 Å². The zero-order chi connectivity index (χ0) is 39.4. The minimum atomic E-state index is 0.128. The second-order valence-corrected chi connectivity index (χ2v) is 17.3. The minimum Gasteiger partial charge on any atom is -0.310 e. The number of benzene rings is 8. The normalized spacial score (nSPS) is 14.3. The molecule has 0 fully saturated rings. The summed E-state index contributed by atoms with van der Waals surface area (Å²) in [7, 11) is 0. The summed E-state index contributed by atoms with van der Waals surface area (Å²) in [6, 6.07) is 71.3. The van der Waals surface area contributed by atoms with E-state index in [4.69, 9.17) is 0 Å². The molecule has 1 aliphatic rings. The average Bonchev–Trinajstić information content (AvgIpc) is 3.60. The molecule has 2 nitrogen and oxygen atoms in total. The van der Waals surface area contributed by atoms with Gasteiger partial charge in [-0.1, -0.05) is 155 Å². The first-order valence-corrected chi connectivity index (χ1v) is 20.6. The van der Waals surface area contributed by atoms with Crippen LogP contribution in [-0.4, -0.2) is 4.57 Å². The van der Waals surface area contributed by atoms with Gasteiger partial charge in [0.1, 0.15) is 0 Å². The smallest absolute Gasteiger partial charge is 0.0542 e. The SMILES string of the molecule is CC1(C)CCC(C)(C)c2cc(-c3cc(-c4ccccc4)cc(-n4c5ccccc5c5cc(N(c6ccccc6)c6ccc(-c7ccccc7)cc6)ccc54)c3)ccc21. The summed E-state index contributed by atoms with van der Waals surface area (Å²) in [4.78, 5) is 2.37. The van der Waals surface area contributed by atoms with Crippen molar-refractivity contribution in [1.82, 2.24) is 4.57 Å². The van der Waals surface area contributed by atoms with Gasteiger partial charge in [-0.15, -0.1) is 0 Å². The van der Waals surface area contributed by atoms with Gasteiger partial charge in [-0.2, -0.15) is 0 Å². The van der Waals surface area contributed by atoms with Crippen molar-refractivity contribution in [2.45, 2.75) is 51.4 Å². The van der Waals surface area contributed by atoms with Gasteiger partial charge >= 0.3 is 0 Å². The van der Waals surface area contributed by atoms with E-state index >= 15 is 0 Å². The van der Waals surface area contributed by atoms with Crippen LogP contribution in [0.4, 0.5) is 17.1 Å². The second-order valence-electron chi connectivity index (χ2n) is 17.3. The van der Waals surface area contributed by atoms with E-state index in [0.717, 1.165) is 22.7 Å². The number of hydrogen-bond acceptors (Lipinski definition) is 1. The van der Waals surface area contributed by atoms with E-state index in [1.165, 1.54) is 79.2 Å². The first-order chi connectivity index (χ1) is 28.2. The van der Waals surface area contributed by atoms with Crippen LogP contribution in [0.5, 0.6) is 0 Å². The van der Waals surface area contributed by atoms with Crippen LogP contribution >= 0.6 is 0 Å². The minimum absolute atomic E-state index is 0.128. The standard InChI is InChI=1S/C56H48N2/c1-55(2)32-33-56(3,4)52-37-42(26-30-51(52)55)44-34-43(40-18-10-6-11-19-40)35-48(36-44)58-53-23-15-14-22-49(53)50-38-47(29-31-54(50)58)57(45-20-12-7-13-21-45)46-27-24-41(25-28-46)39-16-8-5-9-17-39/h5-31,34-38H,32-33H2,1-4H3. The lowest BCUT2D eigenvalue weighted by atomic mass is 9.63. The summed E-state index contributed by atoms with van der Waals surface area (Å²) in [5.41, 5.74) is 17.5. The predicted octanol–water partition coefficient (Wildman–Crippen LogP) is 15.6. The molecule has 0 aliphatic heterocycles. The summed E-state index contributed by atoms with van der Waals surface area (Å²) >= 11 is 0. The van der Waals surface area contributed by atoms with Crippen molar-refractivity contribution in [1.29, 1.82) is 0 Å². The molecule has 9 aromatic rings. The molecule has 0 amide bonds. The molecule has 0 bridgehead atoms. The molecular weight excluding hydrogens is 701 g/mol. The van der Waals surface area contributed by atoms with Gasteiger partial charge in [0.05, 0.1) is 11.0 Å². The van der Waals surface area contributed by atoms with Crippen LogP contribution in [0, 0.1) is 0 Å². The summed E-state index contributed by atoms with van der Waals surface area (Å²) in [5, 5.41) is 2.45. The van der Waals surface area contributed by atoms with E-state index in [-0.39, 0.29) is 10.8 Å². The second kappa shape index (κ2) is 14.1. The number of aromatic nitrogens is 1. The molecule has 2 heteroatoms. The lowest BCUT2D eigenvalue weighted by Crippen LogP contribution is -2.33. The van der Waals surface area contributed by atoms with Crippen LogP contribution in [0.3, 0.4) is 0 Å². The van der Waals surface area contributed by atoms with Crippen molar-refractivity contribution >= 4 is 38.9 Å². The third-order valence-corrected chi connectivity index (χ3v) is 12.6. The lowest BCUT2D eigenvalue weighted by Gasteiger charge is -2.42. The van der Waals surface area contributed by atoms with Gasteiger partial charge in [-0.25, -0.2) is 0 Å². The molecule has 0 radical (unpaired) electrons. The highest BCUT2D eigenvalue weighted by molar-refractivity contribution is 6.11. The molecule has 0 N–H and O–H groups in total. The summed E-state index contributed by atoms with van der Waals surface area (Å²) < 4.78 is 2.47. The quantitative estimate of drug-likeness (QED) is 0.158. The molecule has 0 unspecified atom stereocenters. The molecule has 0 saturated carbocycles. The molecule has 58 heavy (non-hydrogen) atoms. The van der Waals surface area contributed by atoms with Gasteiger partial charge in [-0.05, 0) is 135 Å². The fourth-order valence-electron chi connectivity index (χ4n) is 9.31. The molecule has 1 aliphatic carbocycles. The lowest BCUT2D eigenvalue weighted by molar-refractivity contribution is 0.332. The van der Waals surface area contributed by atoms with E-state index in [9.17, 15) is 0 Å². The number of hydrogen-bond donors (Lipinski definition) is 0. The Morgan fingerprint density at radius 2 is 0.862 bits per heavy atom. The van der Waals surface area contributed by atoms with Gasteiger partial charge in [-0.3, -0.25) is 0 Å². The fourth-order valence-corrected chi connectivity index (χ4v) is 9.31. The first-order valence-electron chi connectivity index (χ1n) is 20.6. The van der Waals surface area contributed by atoms with Gasteiger partial charge in [0.15, 0.2) is 0 Å². The molecule has 1 aromatic heterocycles. The highest BCUT2D eigenvalue weighted by atomic mass is 15.1. The maximum Gasteiger partial charge on any atom is 0.0542 e. The summed E-state index contributed by atoms with van der Waals surface area (Å²) in [6.45, 7) is 9.65. The Morgan fingerprint density at radius 3 is 1.55 bits per heavy atom. The largest absolute Gasteiger partial charge is 0.310 e. The molecule has 0 saturated heterocycles. The Bertz CT molecular complexity index is 2920. The van der Waals surface area contributed by atoms with Crippen molar-refractivity contribution in [3.63, 3.8) is 0 Å². The van der Waals surface area contributed by atoms with Crippen molar-refractivity contribution in [2.24, 2.45) is 0 Å². The average molecular weight is 749 g/mol. The number of fused-ring (bicyclic) bond motifs is 4. The van der Waals surface area contributed by atoms with Crippen molar-refractivity contribution in [3.8, 4) is 39.1 Å². The Morgan fingerprint density at radius 1 is 0.362 bits per heavy atom. The van der Waals surface area contributed by atoms with Crippen LogP contribution in [0.1, 0.15) is 51.7 Å². The Kier molecular flexibility index (Phi) is 8.68. The monoisotopic (exact) mass is 748 g/mol. The predicted molar refractivity (Wildman–Crippen MR) is 247 cm³/mol. The topological polar surface area (TPSA) is 8.17 Å². The highest BCUT2D eigenvalue weighted by Gasteiger charge is 2.37. The summed E-state index contributed by atoms with van der Waals surface area (Å²) in [6.07, 6.45) is 2.40. The number of nitrogens with zero attached hydrogens (tertiary/aromatic N) is 2. The zero-order valence-corrected chi connectivity index (χ0v) is 33.8. The molecular formula is C56H48N2. The van der Waals surface area contributed by atoms with Crippen LogP contribution in [0.2, 0.25) is 0 Å². The maximum absolute atomic E-state index is 2.49. The third kappa shape index (κ3) is 6.30. The Hall–Kier alpha value is -6.64. The fraction of sp³-hybridized carbons (Fsp3) is 0.143. The van der Waals surface area contributed by atoms with Gasteiger partial charge in [0.25, 0.3) is 0 Å². The molecule has 0 spiro atoms. The van der Waals surface area contributed by atoms with Crippen LogP contribution in [0.15, 0.2) is 194 Å². The summed E-state index contributed by atoms with van der Waals surface area (Å²) in [5.74, 6) is 0. The molecule has 282 valence electrons. The molecule has 0 atom stereocenters. The number of para-hydroxylation sites is 2. The molecule has 1 heterocycles. The zero-order valence-electron chi connectivity index (χ0n) is 33.8. The van der Waals surface area contributed by atoms with Gasteiger partial charge in [0, 0.05) is 33.5 Å². The van der Waals surface area contributed by atoms with Crippen molar-refractivity contribution < 1.29 is 0 Å². The third-order valence-electron chi connectivity index (χ3n) is 12.6. The number of rotatable bonds is 7.